The molecular formula is C13H20N2O3S. The highest BCUT2D eigenvalue weighted by molar-refractivity contribution is 7.89. The lowest BCUT2D eigenvalue weighted by Crippen LogP contribution is -2.37. The molecule has 1 heterocycles. The quantitative estimate of drug-likeness (QED) is 0.835. The maximum absolute atomic E-state index is 11.1. The van der Waals surface area contributed by atoms with Crippen molar-refractivity contribution in [2.24, 2.45) is 5.14 Å². The Morgan fingerprint density at radius 2 is 1.79 bits per heavy atom. The van der Waals surface area contributed by atoms with Crippen molar-refractivity contribution >= 4 is 10.0 Å². The number of nitrogens with zero attached hydrogens (tertiary/aromatic N) is 1. The molecule has 3 N–H and O–H groups in total. The highest BCUT2D eigenvalue weighted by Gasteiger charge is 2.16. The smallest absolute Gasteiger partial charge is 0.238 e. The van der Waals surface area contributed by atoms with E-state index in [-0.39, 0.29) is 11.0 Å². The number of piperidine rings is 1. The van der Waals surface area contributed by atoms with Crippen LogP contribution in [0.3, 0.4) is 0 Å². The Balaban J connectivity index is 1.87. The molecule has 0 unspecified atom stereocenters. The van der Waals surface area contributed by atoms with Crippen LogP contribution in [0, 0.1) is 0 Å². The average molecular weight is 284 g/mol. The van der Waals surface area contributed by atoms with E-state index in [1.807, 2.05) is 0 Å². The van der Waals surface area contributed by atoms with Crippen molar-refractivity contribution in [1.82, 2.24) is 4.90 Å². The van der Waals surface area contributed by atoms with Crippen LogP contribution in [0.15, 0.2) is 29.2 Å². The maximum atomic E-state index is 11.1. The lowest BCUT2D eigenvalue weighted by Gasteiger charge is -2.29. The van der Waals surface area contributed by atoms with Gasteiger partial charge in [-0.1, -0.05) is 12.1 Å². The summed E-state index contributed by atoms with van der Waals surface area (Å²) < 4.78 is 22.3. The van der Waals surface area contributed by atoms with Gasteiger partial charge >= 0.3 is 0 Å². The number of hydrogen-bond acceptors (Lipinski definition) is 4. The van der Waals surface area contributed by atoms with Crippen LogP contribution >= 0.6 is 0 Å². The Bertz CT molecular complexity index is 505. The predicted molar refractivity (Wildman–Crippen MR) is 73.2 cm³/mol. The first-order valence-electron chi connectivity index (χ1n) is 6.47. The number of nitrogens with two attached hydrogens (primary N) is 1. The highest BCUT2D eigenvalue weighted by Crippen LogP contribution is 2.12. The minimum absolute atomic E-state index is 0.148. The first-order valence-corrected chi connectivity index (χ1v) is 8.02. The summed E-state index contributed by atoms with van der Waals surface area (Å²) in [6, 6.07) is 6.70. The Labute approximate surface area is 114 Å². The molecule has 1 fully saturated rings. The molecule has 0 spiro atoms. The molecule has 1 saturated heterocycles. The van der Waals surface area contributed by atoms with Gasteiger partial charge in [-0.05, 0) is 37.0 Å². The monoisotopic (exact) mass is 284 g/mol. The van der Waals surface area contributed by atoms with E-state index < -0.39 is 10.0 Å². The lowest BCUT2D eigenvalue weighted by atomic mass is 10.1. The standard InChI is InChI=1S/C13H20N2O3S/c14-19(17,18)13-3-1-11(2-4-13)5-8-15-9-6-12(16)7-10-15/h1-4,12,16H,5-10H2,(H2,14,17,18). The minimum atomic E-state index is -3.60. The van der Waals surface area contributed by atoms with Crippen molar-refractivity contribution in [3.63, 3.8) is 0 Å². The Morgan fingerprint density at radius 3 is 2.32 bits per heavy atom. The molecule has 5 nitrogen and oxygen atoms in total. The van der Waals surface area contributed by atoms with E-state index in [1.165, 1.54) is 0 Å². The van der Waals surface area contributed by atoms with E-state index in [1.54, 1.807) is 24.3 Å². The number of aliphatic hydroxyl groups is 1. The van der Waals surface area contributed by atoms with Gasteiger partial charge in [0.1, 0.15) is 0 Å². The largest absolute Gasteiger partial charge is 0.393 e. The second-order valence-corrected chi connectivity index (χ2v) is 6.57. The SMILES string of the molecule is NS(=O)(=O)c1ccc(CCN2CCC(O)CC2)cc1. The molecule has 0 amide bonds. The average Bonchev–Trinajstić information content (AvgIpc) is 2.37. The number of hydrogen-bond donors (Lipinski definition) is 2. The van der Waals surface area contributed by atoms with Crippen LogP contribution in [0.4, 0.5) is 0 Å². The summed E-state index contributed by atoms with van der Waals surface area (Å²) in [5, 5.41) is 14.5. The minimum Gasteiger partial charge on any atom is -0.393 e. The van der Waals surface area contributed by atoms with Crippen molar-refractivity contribution in [2.75, 3.05) is 19.6 Å². The van der Waals surface area contributed by atoms with E-state index in [0.717, 1.165) is 44.5 Å². The van der Waals surface area contributed by atoms with Crippen LogP contribution < -0.4 is 5.14 Å². The van der Waals surface area contributed by atoms with Gasteiger partial charge < -0.3 is 10.0 Å². The Morgan fingerprint density at radius 1 is 1.21 bits per heavy atom. The topological polar surface area (TPSA) is 83.6 Å². The molecular weight excluding hydrogens is 264 g/mol. The normalized spacial score (nSPS) is 18.6. The zero-order valence-corrected chi connectivity index (χ0v) is 11.6. The van der Waals surface area contributed by atoms with Gasteiger partial charge in [-0.3, -0.25) is 0 Å². The van der Waals surface area contributed by atoms with Gasteiger partial charge in [0.05, 0.1) is 11.0 Å². The van der Waals surface area contributed by atoms with Gasteiger partial charge in [0, 0.05) is 19.6 Å². The fourth-order valence-electron chi connectivity index (χ4n) is 2.28. The fraction of sp³-hybridized carbons (Fsp3) is 0.538. The summed E-state index contributed by atoms with van der Waals surface area (Å²) in [5.41, 5.74) is 1.10. The Hall–Kier alpha value is -0.950. The van der Waals surface area contributed by atoms with E-state index in [2.05, 4.69) is 4.90 Å². The number of rotatable bonds is 4. The summed E-state index contributed by atoms with van der Waals surface area (Å²) in [6.45, 7) is 2.79. The van der Waals surface area contributed by atoms with Crippen LogP contribution in [0.5, 0.6) is 0 Å². The van der Waals surface area contributed by atoms with Crippen LogP contribution in [0.2, 0.25) is 0 Å². The molecule has 1 aromatic carbocycles. The lowest BCUT2D eigenvalue weighted by molar-refractivity contribution is 0.0832. The molecule has 1 aliphatic heterocycles. The molecule has 0 aromatic heterocycles. The first kappa shape index (κ1) is 14.5. The molecule has 0 atom stereocenters. The zero-order valence-electron chi connectivity index (χ0n) is 10.8. The molecule has 19 heavy (non-hydrogen) atoms. The molecule has 0 bridgehead atoms. The maximum Gasteiger partial charge on any atom is 0.238 e. The van der Waals surface area contributed by atoms with Gasteiger partial charge in [-0.25, -0.2) is 13.6 Å². The fourth-order valence-corrected chi connectivity index (χ4v) is 2.79. The van der Waals surface area contributed by atoms with Crippen LogP contribution in [0.1, 0.15) is 18.4 Å². The molecule has 0 aliphatic carbocycles. The van der Waals surface area contributed by atoms with E-state index in [9.17, 15) is 13.5 Å². The molecule has 1 aliphatic rings. The molecule has 0 radical (unpaired) electrons. The van der Waals surface area contributed by atoms with Crippen LogP contribution in [-0.2, 0) is 16.4 Å². The van der Waals surface area contributed by atoms with E-state index in [0.29, 0.717) is 0 Å². The van der Waals surface area contributed by atoms with Crippen LogP contribution in [0.25, 0.3) is 0 Å². The number of sulfonamides is 1. The summed E-state index contributed by atoms with van der Waals surface area (Å²) in [7, 11) is -3.60. The first-order chi connectivity index (χ1) is 8.95. The van der Waals surface area contributed by atoms with Gasteiger partial charge in [-0.15, -0.1) is 0 Å². The second kappa shape index (κ2) is 6.00. The van der Waals surface area contributed by atoms with Crippen molar-refractivity contribution in [3.8, 4) is 0 Å². The molecule has 0 saturated carbocycles. The van der Waals surface area contributed by atoms with Gasteiger partial charge in [-0.2, -0.15) is 0 Å². The van der Waals surface area contributed by atoms with E-state index in [4.69, 9.17) is 5.14 Å². The predicted octanol–water partition coefficient (Wildman–Crippen LogP) is 0.333. The van der Waals surface area contributed by atoms with Crippen molar-refractivity contribution in [2.45, 2.75) is 30.3 Å². The van der Waals surface area contributed by atoms with Crippen molar-refractivity contribution < 1.29 is 13.5 Å². The molecule has 6 heteroatoms. The zero-order chi connectivity index (χ0) is 13.9. The highest BCUT2D eigenvalue weighted by atomic mass is 32.2. The van der Waals surface area contributed by atoms with Crippen LogP contribution in [-0.4, -0.2) is 44.2 Å². The number of benzene rings is 1. The van der Waals surface area contributed by atoms with Gasteiger partial charge in [0.25, 0.3) is 0 Å². The molecule has 1 aromatic rings. The van der Waals surface area contributed by atoms with Crippen molar-refractivity contribution in [3.05, 3.63) is 29.8 Å². The van der Waals surface area contributed by atoms with Gasteiger partial charge in [0.2, 0.25) is 10.0 Å². The summed E-state index contributed by atoms with van der Waals surface area (Å²) >= 11 is 0. The second-order valence-electron chi connectivity index (χ2n) is 5.01. The number of aliphatic hydroxyl groups excluding tert-OH is 1. The van der Waals surface area contributed by atoms with Gasteiger partial charge in [0.15, 0.2) is 0 Å². The number of likely N-dealkylation sites (tertiary alicyclic amines) is 1. The third kappa shape index (κ3) is 4.28. The van der Waals surface area contributed by atoms with Crippen molar-refractivity contribution in [1.29, 1.82) is 0 Å². The number of primary sulfonamides is 1. The van der Waals surface area contributed by atoms with E-state index >= 15 is 0 Å². The summed E-state index contributed by atoms with van der Waals surface area (Å²) in [4.78, 5) is 2.47. The third-order valence-electron chi connectivity index (χ3n) is 3.53. The molecule has 106 valence electrons. The Kier molecular flexibility index (Phi) is 4.57. The summed E-state index contributed by atoms with van der Waals surface area (Å²) in [6.07, 6.45) is 2.40. The molecule has 2 rings (SSSR count). The summed E-state index contributed by atoms with van der Waals surface area (Å²) in [5.74, 6) is 0. The third-order valence-corrected chi connectivity index (χ3v) is 4.45.